The topological polar surface area (TPSA) is 78.9 Å². The van der Waals surface area contributed by atoms with Crippen LogP contribution in [0.1, 0.15) is 79.6 Å². The first-order chi connectivity index (χ1) is 14.5. The van der Waals surface area contributed by atoms with Gasteiger partial charge in [-0.15, -0.1) is 24.0 Å². The van der Waals surface area contributed by atoms with Crippen LogP contribution in [0.2, 0.25) is 0 Å². The number of hydrogen-bond acceptors (Lipinski definition) is 6. The van der Waals surface area contributed by atoms with Crippen LogP contribution in [0.4, 0.5) is 0 Å². The van der Waals surface area contributed by atoms with Gasteiger partial charge in [0.1, 0.15) is 18.3 Å². The molecule has 0 N–H and O–H groups in total. The second-order valence-electron chi connectivity index (χ2n) is 10.7. The summed E-state index contributed by atoms with van der Waals surface area (Å²) in [6.07, 6.45) is 8.20. The number of esters is 3. The maximum Gasteiger partial charge on any atom is 0.303 e. The molecule has 0 saturated heterocycles. The lowest BCUT2D eigenvalue weighted by Crippen LogP contribution is -2.56. The molecule has 8 atom stereocenters. The first-order valence-electron chi connectivity index (χ1n) is 11.8. The molecule has 6 nitrogen and oxygen atoms in total. The fraction of sp³-hybridized carbons (Fsp3) is 0.800. The van der Waals surface area contributed by atoms with Gasteiger partial charge in [0.25, 0.3) is 0 Å². The largest absolute Gasteiger partial charge is 0.462 e. The molecule has 0 bridgehead atoms. The van der Waals surface area contributed by atoms with Crippen molar-refractivity contribution in [1.29, 1.82) is 0 Å². The summed E-state index contributed by atoms with van der Waals surface area (Å²) >= 11 is 0. The lowest BCUT2D eigenvalue weighted by molar-refractivity contribution is -0.167. The summed E-state index contributed by atoms with van der Waals surface area (Å²) < 4.78 is 17.2. The van der Waals surface area contributed by atoms with Gasteiger partial charge >= 0.3 is 17.9 Å². The SMILES string of the molecule is CC(=O)O[C@H]1CC[C@@]2(C)C(=C[C@H](OC(C)=O)C3C2CC[C@@]2(C)C3CC[C@@H]2OC(C)=O)C1.I. The summed E-state index contributed by atoms with van der Waals surface area (Å²) in [5, 5.41) is 0. The maximum atomic E-state index is 12.0. The Hall–Kier alpha value is -1.12. The minimum absolute atomic E-state index is 0. The Kier molecular flexibility index (Phi) is 7.38. The molecule has 7 heteroatoms. The van der Waals surface area contributed by atoms with Crippen molar-refractivity contribution >= 4 is 41.9 Å². The fourth-order valence-corrected chi connectivity index (χ4v) is 7.57. The lowest BCUT2D eigenvalue weighted by atomic mass is 9.47. The summed E-state index contributed by atoms with van der Waals surface area (Å²) in [5.74, 6) is 0.257. The van der Waals surface area contributed by atoms with Gasteiger partial charge in [-0.2, -0.15) is 0 Å². The molecular formula is C25H37IO6. The summed E-state index contributed by atoms with van der Waals surface area (Å²) in [4.78, 5) is 35.3. The molecule has 4 aliphatic carbocycles. The summed E-state index contributed by atoms with van der Waals surface area (Å²) in [6, 6.07) is 0. The van der Waals surface area contributed by atoms with Crippen molar-refractivity contribution in [3.05, 3.63) is 11.6 Å². The lowest BCUT2D eigenvalue weighted by Gasteiger charge is -2.59. The van der Waals surface area contributed by atoms with Crippen LogP contribution in [0.25, 0.3) is 0 Å². The molecule has 3 fully saturated rings. The molecule has 4 rings (SSSR count). The van der Waals surface area contributed by atoms with Crippen LogP contribution < -0.4 is 0 Å². The van der Waals surface area contributed by atoms with E-state index in [0.717, 1.165) is 44.9 Å². The molecule has 3 saturated carbocycles. The molecule has 0 aromatic carbocycles. The number of ether oxygens (including phenoxy) is 3. The molecule has 32 heavy (non-hydrogen) atoms. The minimum Gasteiger partial charge on any atom is -0.462 e. The second kappa shape index (κ2) is 9.26. The van der Waals surface area contributed by atoms with Gasteiger partial charge in [0.15, 0.2) is 0 Å². The normalized spacial score (nSPS) is 42.2. The van der Waals surface area contributed by atoms with E-state index in [-0.39, 0.29) is 76.9 Å². The fourth-order valence-electron chi connectivity index (χ4n) is 7.57. The molecule has 0 amide bonds. The average Bonchev–Trinajstić information content (AvgIpc) is 2.98. The summed E-state index contributed by atoms with van der Waals surface area (Å²) in [6.45, 7) is 9.04. The monoisotopic (exact) mass is 560 g/mol. The van der Waals surface area contributed by atoms with Crippen LogP contribution in [0.15, 0.2) is 11.6 Å². The molecule has 180 valence electrons. The van der Waals surface area contributed by atoms with Gasteiger partial charge in [0, 0.05) is 38.5 Å². The van der Waals surface area contributed by atoms with Gasteiger partial charge in [0.2, 0.25) is 0 Å². The minimum atomic E-state index is -0.276. The predicted molar refractivity (Wildman–Crippen MR) is 129 cm³/mol. The predicted octanol–water partition coefficient (Wildman–Crippen LogP) is 4.97. The van der Waals surface area contributed by atoms with Crippen molar-refractivity contribution in [2.75, 3.05) is 0 Å². The van der Waals surface area contributed by atoms with Crippen LogP contribution in [-0.4, -0.2) is 36.2 Å². The number of carbonyl (C=O) groups is 3. The van der Waals surface area contributed by atoms with E-state index in [1.807, 2.05) is 0 Å². The summed E-state index contributed by atoms with van der Waals surface area (Å²) in [5.41, 5.74) is 1.22. The van der Waals surface area contributed by atoms with Crippen LogP contribution in [0.5, 0.6) is 0 Å². The molecule has 0 spiro atoms. The summed E-state index contributed by atoms with van der Waals surface area (Å²) in [7, 11) is 0. The highest BCUT2D eigenvalue weighted by Gasteiger charge is 2.62. The molecular weight excluding hydrogens is 523 g/mol. The van der Waals surface area contributed by atoms with Crippen LogP contribution in [-0.2, 0) is 28.6 Å². The third kappa shape index (κ3) is 4.34. The van der Waals surface area contributed by atoms with Gasteiger partial charge in [-0.3, -0.25) is 14.4 Å². The Morgan fingerprint density at radius 2 is 1.50 bits per heavy atom. The maximum absolute atomic E-state index is 12.0. The number of carbonyl (C=O) groups excluding carboxylic acids is 3. The highest BCUT2D eigenvalue weighted by molar-refractivity contribution is 14.0. The van der Waals surface area contributed by atoms with Gasteiger partial charge in [-0.05, 0) is 61.9 Å². The van der Waals surface area contributed by atoms with Crippen molar-refractivity contribution in [2.24, 2.45) is 28.6 Å². The van der Waals surface area contributed by atoms with E-state index >= 15 is 0 Å². The number of fused-ring (bicyclic) bond motifs is 5. The molecule has 0 aromatic rings. The standard InChI is InChI=1S/C25H36O6.HI/c1-14(26)29-18-8-10-24(4)17(12-18)13-21(30-15(2)27)23-19-6-7-22(31-16(3)28)25(19,5)11-9-20(23)24;/h13,18-23H,6-12H2,1-5H3;1H/t18-,19?,20?,21-,22-,23?,24-,25-;/m0./s1. The van der Waals surface area contributed by atoms with Crippen LogP contribution in [0, 0.1) is 28.6 Å². The second-order valence-corrected chi connectivity index (χ2v) is 10.7. The Labute approximate surface area is 208 Å². The number of hydrogen-bond donors (Lipinski definition) is 0. The zero-order chi connectivity index (χ0) is 22.6. The first kappa shape index (κ1) is 25.5. The van der Waals surface area contributed by atoms with Crippen molar-refractivity contribution < 1.29 is 28.6 Å². The molecule has 0 aromatic heterocycles. The van der Waals surface area contributed by atoms with Crippen molar-refractivity contribution in [3.8, 4) is 0 Å². The van der Waals surface area contributed by atoms with Crippen LogP contribution >= 0.6 is 24.0 Å². The highest BCUT2D eigenvalue weighted by atomic mass is 127. The quantitative estimate of drug-likeness (QED) is 0.210. The Morgan fingerprint density at radius 1 is 0.844 bits per heavy atom. The zero-order valence-corrected chi connectivity index (χ0v) is 22.2. The van der Waals surface area contributed by atoms with Crippen molar-refractivity contribution in [2.45, 2.75) is 97.9 Å². The first-order valence-corrected chi connectivity index (χ1v) is 11.8. The third-order valence-corrected chi connectivity index (χ3v) is 8.92. The number of rotatable bonds is 3. The van der Waals surface area contributed by atoms with E-state index in [9.17, 15) is 14.4 Å². The molecule has 4 aliphatic rings. The third-order valence-electron chi connectivity index (χ3n) is 8.92. The van der Waals surface area contributed by atoms with Crippen LogP contribution in [0.3, 0.4) is 0 Å². The van der Waals surface area contributed by atoms with E-state index in [0.29, 0.717) is 11.8 Å². The molecule has 3 unspecified atom stereocenters. The molecule has 0 aliphatic heterocycles. The van der Waals surface area contributed by atoms with Gasteiger partial charge in [-0.25, -0.2) is 0 Å². The number of halogens is 1. The Bertz CT molecular complexity index is 808. The Morgan fingerprint density at radius 3 is 2.12 bits per heavy atom. The van der Waals surface area contributed by atoms with E-state index in [1.54, 1.807) is 0 Å². The molecule has 0 heterocycles. The zero-order valence-electron chi connectivity index (χ0n) is 19.8. The average molecular weight is 560 g/mol. The van der Waals surface area contributed by atoms with E-state index in [1.165, 1.54) is 26.3 Å². The van der Waals surface area contributed by atoms with Crippen molar-refractivity contribution in [1.82, 2.24) is 0 Å². The smallest absolute Gasteiger partial charge is 0.303 e. The molecule has 0 radical (unpaired) electrons. The Balaban J connectivity index is 0.00000289. The van der Waals surface area contributed by atoms with Gasteiger partial charge in [0.05, 0.1) is 0 Å². The van der Waals surface area contributed by atoms with E-state index in [4.69, 9.17) is 14.2 Å². The van der Waals surface area contributed by atoms with E-state index < -0.39 is 0 Å². The highest BCUT2D eigenvalue weighted by Crippen LogP contribution is 2.65. The van der Waals surface area contributed by atoms with Crippen molar-refractivity contribution in [3.63, 3.8) is 0 Å². The van der Waals surface area contributed by atoms with E-state index in [2.05, 4.69) is 19.9 Å². The van der Waals surface area contributed by atoms with Gasteiger partial charge in [-0.1, -0.05) is 19.4 Å². The van der Waals surface area contributed by atoms with Gasteiger partial charge < -0.3 is 14.2 Å².